The van der Waals surface area contributed by atoms with E-state index in [1.54, 1.807) is 0 Å². The van der Waals surface area contributed by atoms with E-state index in [0.29, 0.717) is 11.8 Å². The smallest absolute Gasteiger partial charge is 0.0693 e. The average Bonchev–Trinajstić information content (AvgIpc) is 2.17. The first-order chi connectivity index (χ1) is 6.68. The second kappa shape index (κ2) is 2.60. The van der Waals surface area contributed by atoms with Gasteiger partial charge in [0.05, 0.1) is 5.60 Å². The summed E-state index contributed by atoms with van der Waals surface area (Å²) in [6.07, 6.45) is 3.38. The zero-order valence-electron chi connectivity index (χ0n) is 8.53. The number of aliphatic hydroxyl groups is 1. The van der Waals surface area contributed by atoms with Crippen LogP contribution in [0.25, 0.3) is 0 Å². The number of hydrogen-bond acceptors (Lipinski definition) is 1. The molecule has 0 aliphatic heterocycles. The fourth-order valence-corrected chi connectivity index (χ4v) is 3.38. The highest BCUT2D eigenvalue weighted by atomic mass is 16.3. The van der Waals surface area contributed by atoms with E-state index in [-0.39, 0.29) is 0 Å². The minimum atomic E-state index is -0.461. The van der Waals surface area contributed by atoms with Crippen LogP contribution in [-0.2, 0) is 0 Å². The first-order valence-corrected chi connectivity index (χ1v) is 5.50. The van der Waals surface area contributed by atoms with Gasteiger partial charge in [-0.1, -0.05) is 24.3 Å². The van der Waals surface area contributed by atoms with Crippen molar-refractivity contribution in [2.24, 2.45) is 0 Å². The van der Waals surface area contributed by atoms with Crippen LogP contribution in [0.3, 0.4) is 0 Å². The summed E-state index contributed by atoms with van der Waals surface area (Å²) in [5, 5.41) is 10.3. The molecular formula is C13H16O. The molecule has 14 heavy (non-hydrogen) atoms. The minimum Gasteiger partial charge on any atom is -0.390 e. The van der Waals surface area contributed by atoms with Crippen LogP contribution in [0.5, 0.6) is 0 Å². The molecule has 3 aliphatic carbocycles. The van der Waals surface area contributed by atoms with Crippen LogP contribution < -0.4 is 0 Å². The Morgan fingerprint density at radius 1 is 1.21 bits per heavy atom. The number of hydrogen-bond donors (Lipinski definition) is 1. The van der Waals surface area contributed by atoms with E-state index in [0.717, 1.165) is 12.8 Å². The molecule has 1 N–H and O–H groups in total. The molecule has 1 fully saturated rings. The monoisotopic (exact) mass is 188 g/mol. The maximum atomic E-state index is 10.3. The molecule has 1 heteroatoms. The van der Waals surface area contributed by atoms with Gasteiger partial charge in [-0.05, 0) is 43.2 Å². The van der Waals surface area contributed by atoms with E-state index in [4.69, 9.17) is 0 Å². The Bertz CT molecular complexity index is 367. The van der Waals surface area contributed by atoms with Gasteiger partial charge in [0.2, 0.25) is 0 Å². The van der Waals surface area contributed by atoms with Gasteiger partial charge in [0, 0.05) is 5.92 Å². The molecule has 0 amide bonds. The highest BCUT2D eigenvalue weighted by Gasteiger charge is 2.45. The van der Waals surface area contributed by atoms with Gasteiger partial charge in [0.1, 0.15) is 0 Å². The van der Waals surface area contributed by atoms with Gasteiger partial charge >= 0.3 is 0 Å². The Hall–Kier alpha value is -0.820. The Kier molecular flexibility index (Phi) is 1.58. The molecule has 1 nitrogen and oxygen atoms in total. The van der Waals surface area contributed by atoms with Crippen molar-refractivity contribution < 1.29 is 5.11 Å². The molecule has 0 heterocycles. The fraction of sp³-hybridized carbons (Fsp3) is 0.538. The molecule has 3 aliphatic rings. The molecule has 0 aromatic heterocycles. The van der Waals surface area contributed by atoms with Crippen molar-refractivity contribution in [1.29, 1.82) is 0 Å². The van der Waals surface area contributed by atoms with Crippen molar-refractivity contribution in [3.63, 3.8) is 0 Å². The van der Waals surface area contributed by atoms with Crippen molar-refractivity contribution in [2.75, 3.05) is 0 Å². The van der Waals surface area contributed by atoms with Crippen LogP contribution in [0.2, 0.25) is 0 Å². The lowest BCUT2D eigenvalue weighted by Gasteiger charge is -2.48. The largest absolute Gasteiger partial charge is 0.390 e. The fourth-order valence-electron chi connectivity index (χ4n) is 3.38. The molecule has 1 aromatic rings. The van der Waals surface area contributed by atoms with Gasteiger partial charge in [-0.2, -0.15) is 0 Å². The Morgan fingerprint density at radius 2 is 1.93 bits per heavy atom. The Balaban J connectivity index is 2.18. The SMILES string of the molecule is C[C@]1(O)C[C@H]2CC[C@@H]1c1ccccc12. The molecule has 2 bridgehead atoms. The van der Waals surface area contributed by atoms with Gasteiger partial charge in [-0.3, -0.25) is 0 Å². The predicted octanol–water partition coefficient (Wildman–Crippen LogP) is 2.80. The van der Waals surface area contributed by atoms with Crippen LogP contribution in [-0.4, -0.2) is 10.7 Å². The molecule has 0 radical (unpaired) electrons. The van der Waals surface area contributed by atoms with Crippen LogP contribution in [0.4, 0.5) is 0 Å². The van der Waals surface area contributed by atoms with Gasteiger partial charge < -0.3 is 5.11 Å². The summed E-state index contributed by atoms with van der Waals surface area (Å²) >= 11 is 0. The maximum absolute atomic E-state index is 10.3. The van der Waals surface area contributed by atoms with E-state index >= 15 is 0 Å². The van der Waals surface area contributed by atoms with Crippen LogP contribution in [0.15, 0.2) is 24.3 Å². The summed E-state index contributed by atoms with van der Waals surface area (Å²) in [7, 11) is 0. The highest BCUT2D eigenvalue weighted by Crippen LogP contribution is 2.53. The second-order valence-electron chi connectivity index (χ2n) is 5.02. The van der Waals surface area contributed by atoms with E-state index in [1.807, 2.05) is 6.92 Å². The maximum Gasteiger partial charge on any atom is 0.0693 e. The van der Waals surface area contributed by atoms with Crippen molar-refractivity contribution in [3.8, 4) is 0 Å². The van der Waals surface area contributed by atoms with Gasteiger partial charge in [0.15, 0.2) is 0 Å². The molecule has 3 atom stereocenters. The van der Waals surface area contributed by atoms with Crippen molar-refractivity contribution in [2.45, 2.75) is 43.6 Å². The average molecular weight is 188 g/mol. The zero-order valence-corrected chi connectivity index (χ0v) is 8.53. The predicted molar refractivity (Wildman–Crippen MR) is 56.4 cm³/mol. The van der Waals surface area contributed by atoms with E-state index in [2.05, 4.69) is 24.3 Å². The summed E-state index contributed by atoms with van der Waals surface area (Å²) in [6.45, 7) is 2.00. The molecule has 74 valence electrons. The van der Waals surface area contributed by atoms with Crippen molar-refractivity contribution in [1.82, 2.24) is 0 Å². The molecular weight excluding hydrogens is 172 g/mol. The number of benzene rings is 1. The molecule has 1 saturated carbocycles. The lowest BCUT2D eigenvalue weighted by molar-refractivity contribution is -0.0168. The topological polar surface area (TPSA) is 20.2 Å². The molecule has 4 rings (SSSR count). The summed E-state index contributed by atoms with van der Waals surface area (Å²) < 4.78 is 0. The van der Waals surface area contributed by atoms with Crippen LogP contribution in [0, 0.1) is 0 Å². The zero-order chi connectivity index (χ0) is 9.76. The summed E-state index contributed by atoms with van der Waals surface area (Å²) in [5.74, 6) is 0.981. The minimum absolute atomic E-state index is 0.378. The normalized spacial score (nSPS) is 39.6. The van der Waals surface area contributed by atoms with Crippen LogP contribution in [0.1, 0.15) is 49.1 Å². The van der Waals surface area contributed by atoms with E-state index < -0.39 is 5.60 Å². The first-order valence-electron chi connectivity index (χ1n) is 5.50. The van der Waals surface area contributed by atoms with Gasteiger partial charge in [-0.25, -0.2) is 0 Å². The lowest BCUT2D eigenvalue weighted by Crippen LogP contribution is -2.43. The lowest BCUT2D eigenvalue weighted by atomic mass is 9.60. The summed E-state index contributed by atoms with van der Waals surface area (Å²) in [5.41, 5.74) is 2.44. The van der Waals surface area contributed by atoms with Crippen molar-refractivity contribution in [3.05, 3.63) is 35.4 Å². The van der Waals surface area contributed by atoms with Crippen molar-refractivity contribution >= 4 is 0 Å². The van der Waals surface area contributed by atoms with E-state index in [1.165, 1.54) is 17.5 Å². The van der Waals surface area contributed by atoms with Gasteiger partial charge in [-0.15, -0.1) is 0 Å². The third-order valence-electron chi connectivity index (χ3n) is 4.03. The number of fused-ring (bicyclic) bond motifs is 2. The Labute approximate surface area is 84.8 Å². The van der Waals surface area contributed by atoms with E-state index in [9.17, 15) is 5.11 Å². The van der Waals surface area contributed by atoms with Crippen LogP contribution >= 0.6 is 0 Å². The second-order valence-corrected chi connectivity index (χ2v) is 5.02. The molecule has 0 unspecified atom stereocenters. The number of rotatable bonds is 0. The third kappa shape index (κ3) is 0.992. The standard InChI is InChI=1S/C13H16O/c1-13(14)8-9-6-7-12(13)11-5-3-2-4-10(9)11/h2-5,9,12,14H,6-8H2,1H3/t9-,12-,13+/m1/s1. The molecule has 1 aromatic carbocycles. The molecule has 0 spiro atoms. The highest BCUT2D eigenvalue weighted by molar-refractivity contribution is 5.40. The summed E-state index contributed by atoms with van der Waals surface area (Å²) in [6, 6.07) is 8.64. The Morgan fingerprint density at radius 3 is 2.64 bits per heavy atom. The third-order valence-corrected chi connectivity index (χ3v) is 4.03. The molecule has 0 saturated heterocycles. The first kappa shape index (κ1) is 8.49. The quantitative estimate of drug-likeness (QED) is 0.663. The van der Waals surface area contributed by atoms with Gasteiger partial charge in [0.25, 0.3) is 0 Å². The summed E-state index contributed by atoms with van der Waals surface area (Å²) in [4.78, 5) is 0.